The lowest BCUT2D eigenvalue weighted by Gasteiger charge is -2.19. The summed E-state index contributed by atoms with van der Waals surface area (Å²) in [6.07, 6.45) is -0.506. The van der Waals surface area contributed by atoms with E-state index in [-0.39, 0.29) is 23.1 Å². The summed E-state index contributed by atoms with van der Waals surface area (Å²) in [5.41, 5.74) is -0.465. The fourth-order valence-corrected chi connectivity index (χ4v) is 2.46. The van der Waals surface area contributed by atoms with Crippen molar-refractivity contribution in [1.82, 2.24) is 5.32 Å². The smallest absolute Gasteiger partial charge is 0.407 e. The first-order valence-electron chi connectivity index (χ1n) is 7.79. The van der Waals surface area contributed by atoms with Gasteiger partial charge in [0.15, 0.2) is 5.75 Å². The zero-order valence-corrected chi connectivity index (χ0v) is 16.0. The van der Waals surface area contributed by atoms with Crippen LogP contribution in [0, 0.1) is 10.1 Å². The van der Waals surface area contributed by atoms with Crippen molar-refractivity contribution in [2.75, 3.05) is 30.5 Å². The minimum absolute atomic E-state index is 0.121. The van der Waals surface area contributed by atoms with Crippen LogP contribution >= 0.6 is 11.8 Å². The van der Waals surface area contributed by atoms with Gasteiger partial charge >= 0.3 is 11.8 Å². The highest BCUT2D eigenvalue weighted by Gasteiger charge is 2.17. The third-order valence-electron chi connectivity index (χ3n) is 2.81. The summed E-state index contributed by atoms with van der Waals surface area (Å²) in [6, 6.07) is 4.19. The summed E-state index contributed by atoms with van der Waals surface area (Å²) in [7, 11) is 1.34. The zero-order valence-electron chi connectivity index (χ0n) is 15.2. The number of carbonyl (C=O) groups excluding carboxylic acids is 2. The van der Waals surface area contributed by atoms with Crippen molar-refractivity contribution in [3.05, 3.63) is 28.3 Å². The predicted octanol–water partition coefficient (Wildman–Crippen LogP) is 2.80. The predicted molar refractivity (Wildman–Crippen MR) is 99.8 cm³/mol. The van der Waals surface area contributed by atoms with E-state index < -0.39 is 16.6 Å². The fourth-order valence-electron chi connectivity index (χ4n) is 1.81. The first-order valence-corrected chi connectivity index (χ1v) is 8.94. The molecule has 0 saturated heterocycles. The Morgan fingerprint density at radius 3 is 2.58 bits per heavy atom. The summed E-state index contributed by atoms with van der Waals surface area (Å²) in [4.78, 5) is 33.7. The number of hydrogen-bond acceptors (Lipinski definition) is 7. The molecule has 0 saturated carbocycles. The number of benzene rings is 1. The van der Waals surface area contributed by atoms with Crippen LogP contribution in [0.15, 0.2) is 18.2 Å². The minimum atomic E-state index is -0.578. The van der Waals surface area contributed by atoms with Crippen LogP contribution in [0.1, 0.15) is 20.8 Å². The molecule has 2 amide bonds. The van der Waals surface area contributed by atoms with E-state index in [4.69, 9.17) is 9.47 Å². The van der Waals surface area contributed by atoms with Gasteiger partial charge in [-0.3, -0.25) is 14.9 Å². The van der Waals surface area contributed by atoms with Crippen molar-refractivity contribution in [2.45, 2.75) is 26.4 Å². The molecule has 0 aromatic heterocycles. The Morgan fingerprint density at radius 2 is 2.00 bits per heavy atom. The molecule has 9 nitrogen and oxygen atoms in total. The molecule has 10 heteroatoms. The van der Waals surface area contributed by atoms with Crippen LogP contribution in [0.5, 0.6) is 5.75 Å². The Hall–Kier alpha value is -2.49. The van der Waals surface area contributed by atoms with Crippen LogP contribution in [-0.2, 0) is 9.53 Å². The monoisotopic (exact) mass is 385 g/mol. The number of nitrogens with one attached hydrogen (secondary N) is 2. The van der Waals surface area contributed by atoms with Gasteiger partial charge < -0.3 is 20.1 Å². The first-order chi connectivity index (χ1) is 12.1. The zero-order chi connectivity index (χ0) is 19.7. The lowest BCUT2D eigenvalue weighted by Crippen LogP contribution is -2.33. The summed E-state index contributed by atoms with van der Waals surface area (Å²) < 4.78 is 9.99. The van der Waals surface area contributed by atoms with Gasteiger partial charge in [-0.2, -0.15) is 11.8 Å². The third-order valence-corrected chi connectivity index (χ3v) is 3.77. The summed E-state index contributed by atoms with van der Waals surface area (Å²) in [5, 5.41) is 16.1. The summed E-state index contributed by atoms with van der Waals surface area (Å²) in [5.74, 6) is 0.493. The van der Waals surface area contributed by atoms with Gasteiger partial charge in [0, 0.05) is 24.1 Å². The molecular weight excluding hydrogens is 362 g/mol. The SMILES string of the molecule is COc1ccc(NC(=O)CSCCNC(=O)OC(C)(C)C)cc1[N+](=O)[O-]. The average molecular weight is 385 g/mol. The topological polar surface area (TPSA) is 120 Å². The van der Waals surface area contributed by atoms with E-state index >= 15 is 0 Å². The first kappa shape index (κ1) is 21.6. The number of anilines is 1. The van der Waals surface area contributed by atoms with Crippen molar-refractivity contribution in [3.8, 4) is 5.75 Å². The number of thioether (sulfide) groups is 1. The number of methoxy groups -OCH3 is 1. The van der Waals surface area contributed by atoms with Crippen LogP contribution in [0.25, 0.3) is 0 Å². The van der Waals surface area contributed by atoms with E-state index in [0.717, 1.165) is 0 Å². The van der Waals surface area contributed by atoms with Crippen LogP contribution in [0.2, 0.25) is 0 Å². The summed E-state index contributed by atoms with van der Waals surface area (Å²) >= 11 is 1.32. The molecule has 1 rings (SSSR count). The number of nitro benzene ring substituents is 1. The van der Waals surface area contributed by atoms with Crippen LogP contribution in [-0.4, -0.2) is 47.7 Å². The molecule has 0 heterocycles. The minimum Gasteiger partial charge on any atom is -0.490 e. The van der Waals surface area contributed by atoms with Gasteiger partial charge in [0.2, 0.25) is 5.91 Å². The Bertz CT molecular complexity index is 660. The van der Waals surface area contributed by atoms with Gasteiger partial charge in [0.05, 0.1) is 17.8 Å². The van der Waals surface area contributed by atoms with E-state index in [1.807, 2.05) is 0 Å². The van der Waals surface area contributed by atoms with Crippen LogP contribution in [0.3, 0.4) is 0 Å². The van der Waals surface area contributed by atoms with Gasteiger partial charge in [0.1, 0.15) is 5.60 Å². The number of alkyl carbamates (subject to hydrolysis) is 1. The number of rotatable bonds is 8. The molecular formula is C16H23N3O6S. The van der Waals surface area contributed by atoms with Crippen molar-refractivity contribution >= 4 is 35.1 Å². The van der Waals surface area contributed by atoms with E-state index in [1.54, 1.807) is 20.8 Å². The molecule has 0 aliphatic heterocycles. The van der Waals surface area contributed by atoms with Gasteiger partial charge in [-0.25, -0.2) is 4.79 Å². The number of nitrogens with zero attached hydrogens (tertiary/aromatic N) is 1. The molecule has 0 fully saturated rings. The maximum atomic E-state index is 11.9. The van der Waals surface area contributed by atoms with Crippen LogP contribution < -0.4 is 15.4 Å². The molecule has 0 atom stereocenters. The molecule has 0 aliphatic carbocycles. The number of ether oxygens (including phenoxy) is 2. The van der Waals surface area contributed by atoms with Gasteiger partial charge in [-0.05, 0) is 32.9 Å². The van der Waals surface area contributed by atoms with Gasteiger partial charge in [0.25, 0.3) is 0 Å². The second kappa shape index (κ2) is 9.85. The number of hydrogen-bond donors (Lipinski definition) is 2. The van der Waals surface area contributed by atoms with Gasteiger partial charge in [-0.1, -0.05) is 0 Å². The highest BCUT2D eigenvalue weighted by molar-refractivity contribution is 7.99. The van der Waals surface area contributed by atoms with E-state index in [2.05, 4.69) is 10.6 Å². The van der Waals surface area contributed by atoms with Gasteiger partial charge in [-0.15, -0.1) is 0 Å². The Kier molecular flexibility index (Phi) is 8.17. The maximum absolute atomic E-state index is 11.9. The molecule has 0 aliphatic rings. The Labute approximate surface area is 156 Å². The molecule has 144 valence electrons. The Morgan fingerprint density at radius 1 is 1.31 bits per heavy atom. The van der Waals surface area contributed by atoms with Crippen molar-refractivity contribution < 1.29 is 24.0 Å². The quantitative estimate of drug-likeness (QED) is 0.401. The second-order valence-corrected chi connectivity index (χ2v) is 7.28. The van der Waals surface area contributed by atoms with Crippen molar-refractivity contribution in [1.29, 1.82) is 0 Å². The summed E-state index contributed by atoms with van der Waals surface area (Å²) in [6.45, 7) is 5.68. The normalized spacial score (nSPS) is 10.8. The van der Waals surface area contributed by atoms with E-state index in [1.165, 1.54) is 37.1 Å². The molecule has 2 N–H and O–H groups in total. The number of nitro groups is 1. The van der Waals surface area contributed by atoms with E-state index in [0.29, 0.717) is 18.0 Å². The number of amides is 2. The standard InChI is InChI=1S/C16H23N3O6S/c1-16(2,3)25-15(21)17-7-8-26-10-14(20)18-11-5-6-13(24-4)12(9-11)19(22)23/h5-6,9H,7-8,10H2,1-4H3,(H,17,21)(H,18,20). The van der Waals surface area contributed by atoms with Crippen molar-refractivity contribution in [2.24, 2.45) is 0 Å². The largest absolute Gasteiger partial charge is 0.490 e. The molecule has 1 aromatic carbocycles. The molecule has 1 aromatic rings. The third kappa shape index (κ3) is 8.06. The maximum Gasteiger partial charge on any atom is 0.407 e. The molecule has 0 radical (unpaired) electrons. The van der Waals surface area contributed by atoms with E-state index in [9.17, 15) is 19.7 Å². The van der Waals surface area contributed by atoms with Crippen LogP contribution in [0.4, 0.5) is 16.2 Å². The average Bonchev–Trinajstić information content (AvgIpc) is 2.52. The lowest BCUT2D eigenvalue weighted by molar-refractivity contribution is -0.385. The second-order valence-electron chi connectivity index (χ2n) is 6.17. The molecule has 0 unspecified atom stereocenters. The highest BCUT2D eigenvalue weighted by Crippen LogP contribution is 2.29. The molecule has 26 heavy (non-hydrogen) atoms. The lowest BCUT2D eigenvalue weighted by atomic mass is 10.2. The Balaban J connectivity index is 2.36. The fraction of sp³-hybridized carbons (Fsp3) is 0.500. The molecule has 0 bridgehead atoms. The van der Waals surface area contributed by atoms with Crippen molar-refractivity contribution in [3.63, 3.8) is 0 Å². The highest BCUT2D eigenvalue weighted by atomic mass is 32.2. The molecule has 0 spiro atoms. The number of carbonyl (C=O) groups is 2.